The van der Waals surface area contributed by atoms with Crippen molar-refractivity contribution in [3.05, 3.63) is 23.8 Å². The number of benzene rings is 1. The third-order valence-corrected chi connectivity index (χ3v) is 3.74. The molecule has 0 unspecified atom stereocenters. The predicted octanol–water partition coefficient (Wildman–Crippen LogP) is 2.07. The van der Waals surface area contributed by atoms with Crippen molar-refractivity contribution in [2.75, 3.05) is 19.9 Å². The van der Waals surface area contributed by atoms with Crippen molar-refractivity contribution in [1.29, 1.82) is 0 Å². The first kappa shape index (κ1) is 17.1. The lowest BCUT2D eigenvalue weighted by molar-refractivity contribution is -0.134. The van der Waals surface area contributed by atoms with E-state index >= 15 is 0 Å². The molecule has 0 saturated heterocycles. The number of ether oxygens (including phenoxy) is 2. The molecular formula is C17H24N2O4. The highest BCUT2D eigenvalue weighted by atomic mass is 16.7. The maximum atomic E-state index is 12.0. The molecule has 6 nitrogen and oxygen atoms in total. The molecule has 1 aromatic carbocycles. The zero-order chi connectivity index (χ0) is 16.7. The summed E-state index contributed by atoms with van der Waals surface area (Å²) in [4.78, 5) is 25.2. The molecular weight excluding hydrogens is 296 g/mol. The largest absolute Gasteiger partial charge is 0.454 e. The summed E-state index contributed by atoms with van der Waals surface area (Å²) in [5.74, 6) is 1.19. The van der Waals surface area contributed by atoms with E-state index < -0.39 is 0 Å². The van der Waals surface area contributed by atoms with Crippen molar-refractivity contribution in [3.63, 3.8) is 0 Å². The van der Waals surface area contributed by atoms with E-state index in [2.05, 4.69) is 12.2 Å². The molecule has 0 fully saturated rings. The number of fused-ring (bicyclic) bond motifs is 1. The van der Waals surface area contributed by atoms with Gasteiger partial charge in [0.25, 0.3) is 0 Å². The first-order valence-electron chi connectivity index (χ1n) is 8.01. The first-order valence-corrected chi connectivity index (χ1v) is 8.01. The normalized spacial score (nSPS) is 12.1. The predicted molar refractivity (Wildman–Crippen MR) is 86.2 cm³/mol. The number of unbranched alkanes of at least 4 members (excludes halogenated alkanes) is 2. The summed E-state index contributed by atoms with van der Waals surface area (Å²) in [6, 6.07) is 5.57. The first-order chi connectivity index (χ1) is 11.1. The number of nitrogens with zero attached hydrogens (tertiary/aromatic N) is 1. The average molecular weight is 320 g/mol. The molecule has 1 aliphatic rings. The van der Waals surface area contributed by atoms with Crippen LogP contribution in [-0.4, -0.2) is 36.6 Å². The summed E-state index contributed by atoms with van der Waals surface area (Å²) in [6.45, 7) is 4.96. The maximum Gasteiger partial charge on any atom is 0.239 e. The lowest BCUT2D eigenvalue weighted by Crippen LogP contribution is -2.40. The van der Waals surface area contributed by atoms with Crippen molar-refractivity contribution in [1.82, 2.24) is 10.2 Å². The van der Waals surface area contributed by atoms with E-state index in [1.165, 1.54) is 6.92 Å². The summed E-state index contributed by atoms with van der Waals surface area (Å²) < 4.78 is 10.6. The Morgan fingerprint density at radius 1 is 1.22 bits per heavy atom. The second-order valence-electron chi connectivity index (χ2n) is 5.61. The van der Waals surface area contributed by atoms with Gasteiger partial charge in [-0.25, -0.2) is 0 Å². The van der Waals surface area contributed by atoms with Crippen molar-refractivity contribution >= 4 is 11.8 Å². The van der Waals surface area contributed by atoms with Crippen LogP contribution >= 0.6 is 0 Å². The van der Waals surface area contributed by atoms with E-state index in [0.717, 1.165) is 30.6 Å². The Kier molecular flexibility index (Phi) is 6.26. The lowest BCUT2D eigenvalue weighted by atomic mass is 10.2. The van der Waals surface area contributed by atoms with Gasteiger partial charge in [-0.05, 0) is 24.1 Å². The van der Waals surface area contributed by atoms with Crippen LogP contribution in [0.25, 0.3) is 0 Å². The Hall–Kier alpha value is -2.24. The summed E-state index contributed by atoms with van der Waals surface area (Å²) in [5.41, 5.74) is 0.933. The minimum absolute atomic E-state index is 0.0701. The Morgan fingerprint density at radius 2 is 2.00 bits per heavy atom. The molecule has 2 amide bonds. The molecule has 0 aliphatic carbocycles. The number of hydrogen-bond donors (Lipinski definition) is 1. The lowest BCUT2D eigenvalue weighted by Gasteiger charge is -2.20. The highest BCUT2D eigenvalue weighted by Gasteiger charge is 2.15. The summed E-state index contributed by atoms with van der Waals surface area (Å²) >= 11 is 0. The molecule has 0 bridgehead atoms. The fourth-order valence-electron chi connectivity index (χ4n) is 2.38. The highest BCUT2D eigenvalue weighted by molar-refractivity contribution is 5.83. The Morgan fingerprint density at radius 3 is 2.74 bits per heavy atom. The van der Waals surface area contributed by atoms with Crippen molar-refractivity contribution in [2.45, 2.75) is 39.7 Å². The number of rotatable bonds is 8. The van der Waals surface area contributed by atoms with Gasteiger partial charge in [0.1, 0.15) is 0 Å². The summed E-state index contributed by atoms with van der Waals surface area (Å²) in [6.07, 6.45) is 3.07. The van der Waals surface area contributed by atoms with Crippen LogP contribution in [0.1, 0.15) is 38.7 Å². The van der Waals surface area contributed by atoms with Gasteiger partial charge in [-0.2, -0.15) is 0 Å². The van der Waals surface area contributed by atoms with Gasteiger partial charge < -0.3 is 19.7 Å². The van der Waals surface area contributed by atoms with Crippen LogP contribution in [0, 0.1) is 0 Å². The SMILES string of the molecule is CCCCCN(CC(=O)NCc1ccc2c(c1)OCO2)C(C)=O. The third-order valence-electron chi connectivity index (χ3n) is 3.74. The van der Waals surface area contributed by atoms with E-state index in [9.17, 15) is 9.59 Å². The van der Waals surface area contributed by atoms with Gasteiger partial charge in [-0.3, -0.25) is 9.59 Å². The van der Waals surface area contributed by atoms with E-state index in [-0.39, 0.29) is 25.2 Å². The van der Waals surface area contributed by atoms with E-state index in [0.29, 0.717) is 18.8 Å². The minimum Gasteiger partial charge on any atom is -0.454 e. The molecule has 0 radical (unpaired) electrons. The standard InChI is InChI=1S/C17H24N2O4/c1-3-4-5-8-19(13(2)20)11-17(21)18-10-14-6-7-15-16(9-14)23-12-22-15/h6-7,9H,3-5,8,10-12H2,1-2H3,(H,18,21). The topological polar surface area (TPSA) is 67.9 Å². The van der Waals surface area contributed by atoms with E-state index in [4.69, 9.17) is 9.47 Å². The number of carbonyl (C=O) groups is 2. The smallest absolute Gasteiger partial charge is 0.239 e. The van der Waals surface area contributed by atoms with Crippen molar-refractivity contribution < 1.29 is 19.1 Å². The monoisotopic (exact) mass is 320 g/mol. The Labute approximate surface area is 136 Å². The second-order valence-corrected chi connectivity index (χ2v) is 5.61. The fraction of sp³-hybridized carbons (Fsp3) is 0.529. The minimum atomic E-state index is -0.158. The van der Waals surface area contributed by atoms with Gasteiger partial charge in [0, 0.05) is 20.0 Å². The number of amides is 2. The van der Waals surface area contributed by atoms with Crippen LogP contribution in [-0.2, 0) is 16.1 Å². The molecule has 0 atom stereocenters. The van der Waals surface area contributed by atoms with Crippen LogP contribution in [0.5, 0.6) is 11.5 Å². The second kappa shape index (κ2) is 8.41. The van der Waals surface area contributed by atoms with Crippen LogP contribution in [0.2, 0.25) is 0 Å². The highest BCUT2D eigenvalue weighted by Crippen LogP contribution is 2.32. The van der Waals surface area contributed by atoms with Gasteiger partial charge in [-0.15, -0.1) is 0 Å². The molecule has 126 valence electrons. The molecule has 1 N–H and O–H groups in total. The van der Waals surface area contributed by atoms with Crippen LogP contribution in [0.4, 0.5) is 0 Å². The van der Waals surface area contributed by atoms with Crippen LogP contribution in [0.3, 0.4) is 0 Å². The number of nitrogens with one attached hydrogen (secondary N) is 1. The molecule has 0 spiro atoms. The molecule has 6 heteroatoms. The summed E-state index contributed by atoms with van der Waals surface area (Å²) in [5, 5.41) is 2.84. The van der Waals surface area contributed by atoms with E-state index in [1.54, 1.807) is 4.90 Å². The Bertz CT molecular complexity index is 560. The zero-order valence-electron chi connectivity index (χ0n) is 13.8. The van der Waals surface area contributed by atoms with Gasteiger partial charge in [0.05, 0.1) is 6.54 Å². The molecule has 0 saturated carbocycles. The zero-order valence-corrected chi connectivity index (χ0v) is 13.8. The maximum absolute atomic E-state index is 12.0. The quantitative estimate of drug-likeness (QED) is 0.745. The number of hydrogen-bond acceptors (Lipinski definition) is 4. The van der Waals surface area contributed by atoms with Gasteiger partial charge >= 0.3 is 0 Å². The fourth-order valence-corrected chi connectivity index (χ4v) is 2.38. The third kappa shape index (κ3) is 5.16. The van der Waals surface area contributed by atoms with Crippen LogP contribution in [0.15, 0.2) is 18.2 Å². The van der Waals surface area contributed by atoms with Crippen LogP contribution < -0.4 is 14.8 Å². The Balaban J connectivity index is 1.80. The average Bonchev–Trinajstić information content (AvgIpc) is 2.99. The van der Waals surface area contributed by atoms with Gasteiger partial charge in [-0.1, -0.05) is 25.8 Å². The molecule has 1 aliphatic heterocycles. The van der Waals surface area contributed by atoms with Crippen molar-refractivity contribution in [3.8, 4) is 11.5 Å². The molecule has 1 aromatic rings. The van der Waals surface area contributed by atoms with Gasteiger partial charge in [0.2, 0.25) is 18.6 Å². The molecule has 2 rings (SSSR count). The molecule has 23 heavy (non-hydrogen) atoms. The van der Waals surface area contributed by atoms with Crippen molar-refractivity contribution in [2.24, 2.45) is 0 Å². The summed E-state index contributed by atoms with van der Waals surface area (Å²) in [7, 11) is 0. The number of carbonyl (C=O) groups excluding carboxylic acids is 2. The molecule has 0 aromatic heterocycles. The molecule has 1 heterocycles. The van der Waals surface area contributed by atoms with E-state index in [1.807, 2.05) is 18.2 Å². The van der Waals surface area contributed by atoms with Gasteiger partial charge in [0.15, 0.2) is 11.5 Å².